The minimum Gasteiger partial charge on any atom is -0.373 e. The summed E-state index contributed by atoms with van der Waals surface area (Å²) >= 11 is 3.60. The van der Waals surface area contributed by atoms with Gasteiger partial charge < -0.3 is 15.4 Å². The molecule has 0 bridgehead atoms. The van der Waals surface area contributed by atoms with Crippen molar-refractivity contribution in [1.82, 2.24) is 4.98 Å². The molecule has 1 saturated heterocycles. The molecule has 1 aromatic heterocycles. The van der Waals surface area contributed by atoms with E-state index < -0.39 is 0 Å². The lowest BCUT2D eigenvalue weighted by molar-refractivity contribution is 0.0281. The molecule has 1 aromatic carbocycles. The number of nitrogens with zero attached hydrogens (tertiary/aromatic N) is 2. The average Bonchev–Trinajstić information content (AvgIpc) is 2.48. The molecule has 2 heterocycles. The monoisotopic (exact) mass is 335 g/mol. The van der Waals surface area contributed by atoms with E-state index in [0.717, 1.165) is 22.2 Å². The summed E-state index contributed by atoms with van der Waals surface area (Å²) in [5, 5.41) is 2.34. The van der Waals surface area contributed by atoms with Crippen molar-refractivity contribution in [3.05, 3.63) is 34.9 Å². The molecular formula is C15H18BrN3O. The van der Waals surface area contributed by atoms with E-state index in [2.05, 4.69) is 44.9 Å². The van der Waals surface area contributed by atoms with Crippen LogP contribution in [0.5, 0.6) is 0 Å². The van der Waals surface area contributed by atoms with Gasteiger partial charge in [0.2, 0.25) is 0 Å². The van der Waals surface area contributed by atoms with Gasteiger partial charge in [-0.1, -0.05) is 28.1 Å². The number of hydrogen-bond donors (Lipinski definition) is 1. The third-order valence-corrected chi connectivity index (χ3v) is 4.46. The highest BCUT2D eigenvalue weighted by Gasteiger charge is 2.27. The number of anilines is 1. The molecule has 0 radical (unpaired) electrons. The molecular weight excluding hydrogens is 318 g/mol. The zero-order valence-corrected chi connectivity index (χ0v) is 13.0. The second-order valence-corrected chi connectivity index (χ2v) is 6.02. The van der Waals surface area contributed by atoms with Gasteiger partial charge in [-0.2, -0.15) is 0 Å². The zero-order valence-electron chi connectivity index (χ0n) is 11.4. The summed E-state index contributed by atoms with van der Waals surface area (Å²) in [7, 11) is 0. The van der Waals surface area contributed by atoms with E-state index in [1.54, 1.807) is 0 Å². The molecule has 106 valence electrons. The Bertz CT molecular complexity index is 619. The predicted molar refractivity (Wildman–Crippen MR) is 85.0 cm³/mol. The van der Waals surface area contributed by atoms with Crippen molar-refractivity contribution in [2.45, 2.75) is 19.1 Å². The summed E-state index contributed by atoms with van der Waals surface area (Å²) in [4.78, 5) is 6.90. The van der Waals surface area contributed by atoms with E-state index in [9.17, 15) is 0 Å². The van der Waals surface area contributed by atoms with E-state index in [-0.39, 0.29) is 6.10 Å². The van der Waals surface area contributed by atoms with Gasteiger partial charge in [-0.15, -0.1) is 0 Å². The zero-order chi connectivity index (χ0) is 14.1. The number of pyridine rings is 1. The molecule has 1 fully saturated rings. The highest BCUT2D eigenvalue weighted by atomic mass is 79.9. The van der Waals surface area contributed by atoms with E-state index in [4.69, 9.17) is 10.5 Å². The maximum Gasteiger partial charge on any atom is 0.136 e. The first-order valence-corrected chi connectivity index (χ1v) is 7.61. The second kappa shape index (κ2) is 5.68. The van der Waals surface area contributed by atoms with Gasteiger partial charge >= 0.3 is 0 Å². The van der Waals surface area contributed by atoms with Gasteiger partial charge in [-0.05, 0) is 19.1 Å². The Morgan fingerprint density at radius 3 is 3.05 bits per heavy atom. The number of fused-ring (bicyclic) bond motifs is 1. The minimum atomic E-state index is 0.0791. The number of aromatic nitrogens is 1. The summed E-state index contributed by atoms with van der Waals surface area (Å²) < 4.78 is 6.82. The summed E-state index contributed by atoms with van der Waals surface area (Å²) in [6.45, 7) is 4.17. The van der Waals surface area contributed by atoms with Crippen molar-refractivity contribution in [2.24, 2.45) is 5.73 Å². The Balaban J connectivity index is 2.07. The molecule has 20 heavy (non-hydrogen) atoms. The molecule has 3 rings (SSSR count). The van der Waals surface area contributed by atoms with Crippen molar-refractivity contribution in [2.75, 3.05) is 24.6 Å². The molecule has 2 unspecified atom stereocenters. The molecule has 0 amide bonds. The van der Waals surface area contributed by atoms with Crippen LogP contribution in [0.25, 0.3) is 10.8 Å². The Morgan fingerprint density at radius 2 is 2.25 bits per heavy atom. The lowest BCUT2D eigenvalue weighted by atomic mass is 10.1. The number of hydrogen-bond acceptors (Lipinski definition) is 4. The van der Waals surface area contributed by atoms with Crippen LogP contribution in [0.3, 0.4) is 0 Å². The molecule has 0 spiro atoms. The highest BCUT2D eigenvalue weighted by molar-refractivity contribution is 9.10. The van der Waals surface area contributed by atoms with Crippen LogP contribution in [0, 0.1) is 0 Å². The lowest BCUT2D eigenvalue weighted by Crippen LogP contribution is -2.51. The normalized spacial score (nSPS) is 23.2. The molecule has 2 aromatic rings. The first-order chi connectivity index (χ1) is 9.70. The van der Waals surface area contributed by atoms with Crippen molar-refractivity contribution in [1.29, 1.82) is 0 Å². The third kappa shape index (κ3) is 2.41. The fourth-order valence-electron chi connectivity index (χ4n) is 2.64. The first-order valence-electron chi connectivity index (χ1n) is 6.82. The standard InChI is InChI=1S/C15H18BrN3O/c1-10-9-20-11(7-17)8-19(10)15-13-3-2-4-14(16)12(13)5-6-18-15/h2-6,10-11H,7-9,17H2,1H3. The van der Waals surface area contributed by atoms with Crippen molar-refractivity contribution < 1.29 is 4.74 Å². The third-order valence-electron chi connectivity index (χ3n) is 3.77. The number of benzene rings is 1. The van der Waals surface area contributed by atoms with Crippen molar-refractivity contribution in [3.8, 4) is 0 Å². The molecule has 5 heteroatoms. The molecule has 1 aliphatic heterocycles. The Morgan fingerprint density at radius 1 is 1.40 bits per heavy atom. The molecule has 2 atom stereocenters. The van der Waals surface area contributed by atoms with E-state index in [0.29, 0.717) is 19.2 Å². The first kappa shape index (κ1) is 13.8. The fraction of sp³-hybridized carbons (Fsp3) is 0.400. The van der Waals surface area contributed by atoms with E-state index in [1.165, 1.54) is 5.39 Å². The number of rotatable bonds is 2. The van der Waals surface area contributed by atoms with Gasteiger partial charge in [0.15, 0.2) is 0 Å². The second-order valence-electron chi connectivity index (χ2n) is 5.16. The van der Waals surface area contributed by atoms with Crippen LogP contribution < -0.4 is 10.6 Å². The van der Waals surface area contributed by atoms with Crippen LogP contribution in [0.1, 0.15) is 6.92 Å². The number of nitrogens with two attached hydrogens (primary N) is 1. The Hall–Kier alpha value is -1.17. The summed E-state index contributed by atoms with van der Waals surface area (Å²) in [6.07, 6.45) is 1.94. The SMILES string of the molecule is CC1COC(CN)CN1c1nccc2c(Br)cccc12. The van der Waals surface area contributed by atoms with Crippen LogP contribution in [0.2, 0.25) is 0 Å². The predicted octanol–water partition coefficient (Wildman–Crippen LogP) is 2.55. The minimum absolute atomic E-state index is 0.0791. The smallest absolute Gasteiger partial charge is 0.136 e. The van der Waals surface area contributed by atoms with Gasteiger partial charge in [-0.3, -0.25) is 0 Å². The maximum atomic E-state index is 5.75. The molecule has 4 nitrogen and oxygen atoms in total. The molecule has 0 aliphatic carbocycles. The van der Waals surface area contributed by atoms with Crippen LogP contribution in [0.15, 0.2) is 34.9 Å². The van der Waals surface area contributed by atoms with Gasteiger partial charge in [0.05, 0.1) is 18.8 Å². The van der Waals surface area contributed by atoms with Crippen molar-refractivity contribution >= 4 is 32.5 Å². The van der Waals surface area contributed by atoms with Gasteiger partial charge in [-0.25, -0.2) is 4.98 Å². The summed E-state index contributed by atoms with van der Waals surface area (Å²) in [5.41, 5.74) is 5.75. The summed E-state index contributed by atoms with van der Waals surface area (Å²) in [6, 6.07) is 8.55. The maximum absolute atomic E-state index is 5.75. The van der Waals surface area contributed by atoms with Crippen LogP contribution in [-0.2, 0) is 4.74 Å². The quantitative estimate of drug-likeness (QED) is 0.916. The Labute approximate surface area is 127 Å². The summed E-state index contributed by atoms with van der Waals surface area (Å²) in [5.74, 6) is 1.01. The number of ether oxygens (including phenoxy) is 1. The van der Waals surface area contributed by atoms with Crippen LogP contribution >= 0.6 is 15.9 Å². The highest BCUT2D eigenvalue weighted by Crippen LogP contribution is 2.31. The van der Waals surface area contributed by atoms with E-state index >= 15 is 0 Å². The van der Waals surface area contributed by atoms with E-state index in [1.807, 2.05) is 18.3 Å². The Kier molecular flexibility index (Phi) is 3.92. The topological polar surface area (TPSA) is 51.4 Å². The van der Waals surface area contributed by atoms with Gasteiger partial charge in [0.25, 0.3) is 0 Å². The molecule has 0 saturated carbocycles. The average molecular weight is 336 g/mol. The largest absolute Gasteiger partial charge is 0.373 e. The number of morpholine rings is 1. The van der Waals surface area contributed by atoms with Crippen molar-refractivity contribution in [3.63, 3.8) is 0 Å². The molecule has 1 aliphatic rings. The lowest BCUT2D eigenvalue weighted by Gasteiger charge is -2.39. The van der Waals surface area contributed by atoms with Crippen LogP contribution in [-0.4, -0.2) is 36.8 Å². The van der Waals surface area contributed by atoms with Gasteiger partial charge in [0, 0.05) is 34.5 Å². The molecule has 2 N–H and O–H groups in total. The number of halogens is 1. The van der Waals surface area contributed by atoms with Crippen LogP contribution in [0.4, 0.5) is 5.82 Å². The fourth-order valence-corrected chi connectivity index (χ4v) is 3.14. The van der Waals surface area contributed by atoms with Gasteiger partial charge in [0.1, 0.15) is 5.82 Å².